The van der Waals surface area contributed by atoms with Crippen molar-refractivity contribution in [3.8, 4) is 0 Å². The van der Waals surface area contributed by atoms with E-state index in [1.165, 1.54) is 0 Å². The van der Waals surface area contributed by atoms with Crippen molar-refractivity contribution in [2.45, 2.75) is 46.2 Å². The molecule has 0 N–H and O–H groups in total. The van der Waals surface area contributed by atoms with Crippen LogP contribution in [0.3, 0.4) is 0 Å². The molecule has 7 heteroatoms. The first-order chi connectivity index (χ1) is 13.1. The standard InChI is InChI=1S/C18H16ClN5O.C2H6/c1-11-14(21-17-8-12(19)5-7-22(11)17)10-23-16-9-20-6-4-15(16)24(18(23)25)13-2-3-13;1-2/h4-9,13H,2-3,10H2,1H3;1-2H3. The predicted octanol–water partition coefficient (Wildman–Crippen LogP) is 4.22. The summed E-state index contributed by atoms with van der Waals surface area (Å²) in [6.45, 7) is 6.43. The van der Waals surface area contributed by atoms with Gasteiger partial charge in [-0.05, 0) is 31.9 Å². The van der Waals surface area contributed by atoms with Crippen molar-refractivity contribution in [1.82, 2.24) is 23.5 Å². The molecule has 4 aromatic heterocycles. The number of aryl methyl sites for hydroxylation is 1. The Bertz CT molecular complexity index is 1180. The molecular formula is C20H22ClN5O. The Labute approximate surface area is 162 Å². The normalized spacial score (nSPS) is 13.8. The van der Waals surface area contributed by atoms with Gasteiger partial charge in [-0.2, -0.15) is 0 Å². The maximum atomic E-state index is 13.0. The number of halogens is 1. The maximum absolute atomic E-state index is 13.0. The molecule has 5 rings (SSSR count). The number of pyridine rings is 2. The zero-order chi connectivity index (χ0) is 19.1. The molecule has 0 saturated heterocycles. The van der Waals surface area contributed by atoms with Crippen molar-refractivity contribution in [1.29, 1.82) is 0 Å². The van der Waals surface area contributed by atoms with Crippen LogP contribution in [0, 0.1) is 6.92 Å². The molecule has 4 aromatic rings. The second kappa shape index (κ2) is 6.85. The van der Waals surface area contributed by atoms with Crippen molar-refractivity contribution in [3.63, 3.8) is 0 Å². The van der Waals surface area contributed by atoms with Gasteiger partial charge in [0.15, 0.2) is 0 Å². The lowest BCUT2D eigenvalue weighted by Crippen LogP contribution is -2.24. The number of hydrogen-bond acceptors (Lipinski definition) is 3. The van der Waals surface area contributed by atoms with E-state index in [1.54, 1.807) is 17.0 Å². The van der Waals surface area contributed by atoms with Gasteiger partial charge in [0.25, 0.3) is 0 Å². The summed E-state index contributed by atoms with van der Waals surface area (Å²) in [5.41, 5.74) is 4.48. The molecule has 4 heterocycles. The van der Waals surface area contributed by atoms with Gasteiger partial charge < -0.3 is 4.40 Å². The first-order valence-electron chi connectivity index (χ1n) is 9.31. The van der Waals surface area contributed by atoms with E-state index in [9.17, 15) is 4.79 Å². The average Bonchev–Trinajstić information content (AvgIpc) is 3.42. The van der Waals surface area contributed by atoms with Crippen LogP contribution >= 0.6 is 11.6 Å². The fourth-order valence-electron chi connectivity index (χ4n) is 3.46. The third-order valence-electron chi connectivity index (χ3n) is 4.91. The Morgan fingerprint density at radius 3 is 2.74 bits per heavy atom. The van der Waals surface area contributed by atoms with Crippen molar-refractivity contribution < 1.29 is 0 Å². The molecule has 0 atom stereocenters. The van der Waals surface area contributed by atoms with E-state index in [1.807, 2.05) is 54.1 Å². The van der Waals surface area contributed by atoms with Crippen LogP contribution in [0.2, 0.25) is 5.02 Å². The second-order valence-corrected chi connectivity index (χ2v) is 6.99. The molecule has 0 unspecified atom stereocenters. The van der Waals surface area contributed by atoms with E-state index in [0.717, 1.165) is 40.9 Å². The Hall–Kier alpha value is -2.60. The summed E-state index contributed by atoms with van der Waals surface area (Å²) in [7, 11) is 0. The highest BCUT2D eigenvalue weighted by Gasteiger charge is 2.29. The molecular weight excluding hydrogens is 362 g/mol. The molecule has 0 aromatic carbocycles. The number of hydrogen-bond donors (Lipinski definition) is 0. The number of aromatic nitrogens is 5. The minimum Gasteiger partial charge on any atom is -0.304 e. The molecule has 1 aliphatic carbocycles. The SMILES string of the molecule is CC.Cc1c(Cn2c(=O)n(C3CC3)c3ccncc32)nc2cc(Cl)ccn12. The zero-order valence-electron chi connectivity index (χ0n) is 15.7. The van der Waals surface area contributed by atoms with Crippen LogP contribution < -0.4 is 5.69 Å². The summed E-state index contributed by atoms with van der Waals surface area (Å²) < 4.78 is 5.67. The highest BCUT2D eigenvalue weighted by Crippen LogP contribution is 2.36. The minimum absolute atomic E-state index is 0.0139. The van der Waals surface area contributed by atoms with E-state index in [4.69, 9.17) is 11.6 Å². The molecule has 1 saturated carbocycles. The zero-order valence-corrected chi connectivity index (χ0v) is 16.4. The third-order valence-corrected chi connectivity index (χ3v) is 5.15. The van der Waals surface area contributed by atoms with Crippen molar-refractivity contribution >= 4 is 28.3 Å². The molecule has 1 aliphatic rings. The van der Waals surface area contributed by atoms with E-state index < -0.39 is 0 Å². The van der Waals surface area contributed by atoms with Crippen LogP contribution in [-0.4, -0.2) is 23.5 Å². The van der Waals surface area contributed by atoms with Crippen LogP contribution in [0.15, 0.2) is 41.6 Å². The number of rotatable bonds is 3. The molecule has 6 nitrogen and oxygen atoms in total. The Morgan fingerprint density at radius 2 is 2.00 bits per heavy atom. The van der Waals surface area contributed by atoms with E-state index in [2.05, 4.69) is 9.97 Å². The molecule has 0 bridgehead atoms. The lowest BCUT2D eigenvalue weighted by molar-refractivity contribution is 0.666. The van der Waals surface area contributed by atoms with Gasteiger partial charge in [0.2, 0.25) is 0 Å². The molecule has 1 fully saturated rings. The highest BCUT2D eigenvalue weighted by molar-refractivity contribution is 6.30. The van der Waals surface area contributed by atoms with Gasteiger partial charge in [0.05, 0.1) is 29.5 Å². The van der Waals surface area contributed by atoms with Crippen molar-refractivity contribution in [2.75, 3.05) is 0 Å². The van der Waals surface area contributed by atoms with Gasteiger partial charge in [-0.15, -0.1) is 0 Å². The molecule has 27 heavy (non-hydrogen) atoms. The monoisotopic (exact) mass is 383 g/mol. The summed E-state index contributed by atoms with van der Waals surface area (Å²) in [6, 6.07) is 5.90. The van der Waals surface area contributed by atoms with Crippen LogP contribution in [0.25, 0.3) is 16.7 Å². The number of imidazole rings is 2. The first-order valence-corrected chi connectivity index (χ1v) is 9.69. The smallest absolute Gasteiger partial charge is 0.304 e. The largest absolute Gasteiger partial charge is 0.329 e. The summed E-state index contributed by atoms with van der Waals surface area (Å²) in [5.74, 6) is 0. The van der Waals surface area contributed by atoms with E-state index in [0.29, 0.717) is 17.6 Å². The maximum Gasteiger partial charge on any atom is 0.329 e. The van der Waals surface area contributed by atoms with Crippen LogP contribution in [0.5, 0.6) is 0 Å². The third kappa shape index (κ3) is 2.94. The van der Waals surface area contributed by atoms with E-state index in [-0.39, 0.29) is 5.69 Å². The van der Waals surface area contributed by atoms with Crippen molar-refractivity contribution in [3.05, 3.63) is 63.7 Å². The number of nitrogens with zero attached hydrogens (tertiary/aromatic N) is 5. The summed E-state index contributed by atoms with van der Waals surface area (Å²) in [4.78, 5) is 21.9. The lowest BCUT2D eigenvalue weighted by Gasteiger charge is -2.02. The van der Waals surface area contributed by atoms with Gasteiger partial charge in [-0.3, -0.25) is 14.1 Å². The highest BCUT2D eigenvalue weighted by atomic mass is 35.5. The fourth-order valence-corrected chi connectivity index (χ4v) is 3.61. The molecule has 0 spiro atoms. The average molecular weight is 384 g/mol. The fraction of sp³-hybridized carbons (Fsp3) is 0.350. The summed E-state index contributed by atoms with van der Waals surface area (Å²) in [6.07, 6.45) is 7.53. The van der Waals surface area contributed by atoms with E-state index >= 15 is 0 Å². The van der Waals surface area contributed by atoms with Gasteiger partial charge in [0.1, 0.15) is 5.65 Å². The van der Waals surface area contributed by atoms with Gasteiger partial charge >= 0.3 is 5.69 Å². The quantitative estimate of drug-likeness (QED) is 0.532. The Balaban J connectivity index is 0.000000872. The van der Waals surface area contributed by atoms with Gasteiger partial charge in [0, 0.05) is 35.2 Å². The van der Waals surface area contributed by atoms with Gasteiger partial charge in [-0.25, -0.2) is 9.78 Å². The number of fused-ring (bicyclic) bond motifs is 2. The topological polar surface area (TPSA) is 57.1 Å². The van der Waals surface area contributed by atoms with Crippen LogP contribution in [0.4, 0.5) is 0 Å². The molecule has 140 valence electrons. The Morgan fingerprint density at radius 1 is 1.22 bits per heavy atom. The molecule has 0 amide bonds. The summed E-state index contributed by atoms with van der Waals surface area (Å²) >= 11 is 6.07. The first kappa shape index (κ1) is 17.8. The summed E-state index contributed by atoms with van der Waals surface area (Å²) in [5, 5.41) is 0.649. The van der Waals surface area contributed by atoms with Gasteiger partial charge in [-0.1, -0.05) is 25.4 Å². The lowest BCUT2D eigenvalue weighted by atomic mass is 10.3. The predicted molar refractivity (Wildman–Crippen MR) is 108 cm³/mol. The van der Waals surface area contributed by atoms with Crippen LogP contribution in [-0.2, 0) is 6.54 Å². The van der Waals surface area contributed by atoms with Crippen molar-refractivity contribution in [2.24, 2.45) is 0 Å². The Kier molecular flexibility index (Phi) is 4.52. The molecule has 0 radical (unpaired) electrons. The molecule has 0 aliphatic heterocycles. The minimum atomic E-state index is 0.0139. The second-order valence-electron chi connectivity index (χ2n) is 6.55. The van der Waals surface area contributed by atoms with Crippen LogP contribution in [0.1, 0.15) is 44.1 Å².